The second kappa shape index (κ2) is 6.53. The molecule has 0 amide bonds. The SMILES string of the molecule is CC1CCCCCN1Cc1ccc(C(=O)O)cc1Br. The first kappa shape index (κ1) is 14.5. The summed E-state index contributed by atoms with van der Waals surface area (Å²) in [7, 11) is 0. The smallest absolute Gasteiger partial charge is 0.335 e. The van der Waals surface area contributed by atoms with Gasteiger partial charge in [0.1, 0.15) is 0 Å². The Kier molecular flexibility index (Phi) is 4.99. The van der Waals surface area contributed by atoms with Crippen LogP contribution in [0.15, 0.2) is 22.7 Å². The molecule has 1 aliphatic rings. The molecule has 0 radical (unpaired) electrons. The number of halogens is 1. The monoisotopic (exact) mass is 325 g/mol. The van der Waals surface area contributed by atoms with Crippen molar-refractivity contribution in [3.8, 4) is 0 Å². The van der Waals surface area contributed by atoms with E-state index in [-0.39, 0.29) is 0 Å². The number of carboxylic acids is 1. The summed E-state index contributed by atoms with van der Waals surface area (Å²) >= 11 is 3.49. The van der Waals surface area contributed by atoms with Gasteiger partial charge in [-0.15, -0.1) is 0 Å². The number of hydrogen-bond acceptors (Lipinski definition) is 2. The average Bonchev–Trinajstić information content (AvgIpc) is 2.57. The van der Waals surface area contributed by atoms with Crippen LogP contribution in [-0.4, -0.2) is 28.6 Å². The Balaban J connectivity index is 2.11. The highest BCUT2D eigenvalue weighted by Crippen LogP contribution is 2.24. The molecule has 1 N–H and O–H groups in total. The quantitative estimate of drug-likeness (QED) is 0.915. The zero-order valence-electron chi connectivity index (χ0n) is 11.2. The van der Waals surface area contributed by atoms with Crippen molar-refractivity contribution in [1.29, 1.82) is 0 Å². The number of benzene rings is 1. The largest absolute Gasteiger partial charge is 0.478 e. The number of rotatable bonds is 3. The maximum atomic E-state index is 10.9. The predicted molar refractivity (Wildman–Crippen MR) is 79.4 cm³/mol. The summed E-state index contributed by atoms with van der Waals surface area (Å²) in [6.45, 7) is 4.31. The normalized spacial score (nSPS) is 21.1. The lowest BCUT2D eigenvalue weighted by Gasteiger charge is -2.27. The summed E-state index contributed by atoms with van der Waals surface area (Å²) in [4.78, 5) is 13.4. The molecule has 4 heteroatoms. The highest BCUT2D eigenvalue weighted by atomic mass is 79.9. The molecule has 0 bridgehead atoms. The van der Waals surface area contributed by atoms with Crippen LogP contribution < -0.4 is 0 Å². The second-order valence-corrected chi connectivity index (χ2v) is 6.13. The minimum atomic E-state index is -0.879. The predicted octanol–water partition coefficient (Wildman–Crippen LogP) is 3.91. The summed E-state index contributed by atoms with van der Waals surface area (Å²) in [6, 6.07) is 5.91. The third kappa shape index (κ3) is 3.80. The van der Waals surface area contributed by atoms with Crippen molar-refractivity contribution >= 4 is 21.9 Å². The zero-order chi connectivity index (χ0) is 13.8. The molecule has 3 nitrogen and oxygen atoms in total. The van der Waals surface area contributed by atoms with Gasteiger partial charge in [0.05, 0.1) is 5.56 Å². The number of aromatic carboxylic acids is 1. The average molecular weight is 326 g/mol. The molecule has 1 heterocycles. The fourth-order valence-electron chi connectivity index (χ4n) is 2.60. The fourth-order valence-corrected chi connectivity index (χ4v) is 3.10. The van der Waals surface area contributed by atoms with Crippen LogP contribution in [0.1, 0.15) is 48.5 Å². The molecule has 0 saturated carbocycles. The van der Waals surface area contributed by atoms with E-state index in [2.05, 4.69) is 27.8 Å². The van der Waals surface area contributed by atoms with E-state index in [1.165, 1.54) is 31.2 Å². The lowest BCUT2D eigenvalue weighted by Crippen LogP contribution is -2.32. The first-order valence-corrected chi connectivity index (χ1v) is 7.63. The summed E-state index contributed by atoms with van der Waals surface area (Å²) in [5, 5.41) is 8.97. The Hall–Kier alpha value is -0.870. The van der Waals surface area contributed by atoms with Gasteiger partial charge in [0.15, 0.2) is 0 Å². The van der Waals surface area contributed by atoms with E-state index in [1.807, 2.05) is 6.07 Å². The van der Waals surface area contributed by atoms with Gasteiger partial charge in [-0.25, -0.2) is 4.79 Å². The van der Waals surface area contributed by atoms with Crippen molar-refractivity contribution in [3.63, 3.8) is 0 Å². The summed E-state index contributed by atoms with van der Waals surface area (Å²) in [5.41, 5.74) is 1.50. The molecule has 19 heavy (non-hydrogen) atoms. The van der Waals surface area contributed by atoms with Gasteiger partial charge in [-0.3, -0.25) is 4.90 Å². The molecule has 1 aromatic carbocycles. The first-order chi connectivity index (χ1) is 9.08. The van der Waals surface area contributed by atoms with Gasteiger partial charge >= 0.3 is 5.97 Å². The molecule has 0 aliphatic carbocycles. The van der Waals surface area contributed by atoms with E-state index in [0.717, 1.165) is 17.6 Å². The minimum Gasteiger partial charge on any atom is -0.478 e. The van der Waals surface area contributed by atoms with E-state index in [0.29, 0.717) is 11.6 Å². The van der Waals surface area contributed by atoms with Gasteiger partial charge in [0.25, 0.3) is 0 Å². The lowest BCUT2D eigenvalue weighted by molar-refractivity contribution is 0.0696. The van der Waals surface area contributed by atoms with Crippen molar-refractivity contribution < 1.29 is 9.90 Å². The summed E-state index contributed by atoms with van der Waals surface area (Å²) in [6.07, 6.45) is 5.15. The van der Waals surface area contributed by atoms with Crippen molar-refractivity contribution in [2.24, 2.45) is 0 Å². The van der Waals surface area contributed by atoms with Crippen LogP contribution in [0.3, 0.4) is 0 Å². The van der Waals surface area contributed by atoms with Crippen LogP contribution >= 0.6 is 15.9 Å². The molecule has 0 spiro atoms. The molecule has 1 unspecified atom stereocenters. The Bertz CT molecular complexity index is 461. The van der Waals surface area contributed by atoms with Crippen molar-refractivity contribution in [2.45, 2.75) is 45.2 Å². The highest BCUT2D eigenvalue weighted by Gasteiger charge is 2.18. The van der Waals surface area contributed by atoms with Crippen LogP contribution in [0, 0.1) is 0 Å². The van der Waals surface area contributed by atoms with Crippen LogP contribution in [0.25, 0.3) is 0 Å². The van der Waals surface area contributed by atoms with Gasteiger partial charge in [-0.2, -0.15) is 0 Å². The maximum Gasteiger partial charge on any atom is 0.335 e. The highest BCUT2D eigenvalue weighted by molar-refractivity contribution is 9.10. The summed E-state index contributed by atoms with van der Waals surface area (Å²) < 4.78 is 0.892. The van der Waals surface area contributed by atoms with E-state index in [4.69, 9.17) is 5.11 Å². The van der Waals surface area contributed by atoms with Gasteiger partial charge in [-0.05, 0) is 44.0 Å². The zero-order valence-corrected chi connectivity index (χ0v) is 12.8. The van der Waals surface area contributed by atoms with Crippen molar-refractivity contribution in [3.05, 3.63) is 33.8 Å². The Morgan fingerprint density at radius 2 is 2.21 bits per heavy atom. The third-order valence-electron chi connectivity index (χ3n) is 3.86. The number of hydrogen-bond donors (Lipinski definition) is 1. The number of carboxylic acid groups (broad SMARTS) is 1. The van der Waals surface area contributed by atoms with E-state index in [9.17, 15) is 4.79 Å². The van der Waals surface area contributed by atoms with E-state index >= 15 is 0 Å². The van der Waals surface area contributed by atoms with Gasteiger partial charge in [-0.1, -0.05) is 34.8 Å². The molecule has 1 atom stereocenters. The van der Waals surface area contributed by atoms with Crippen LogP contribution in [-0.2, 0) is 6.54 Å². The molecule has 1 saturated heterocycles. The molecular formula is C15H20BrNO2. The Labute approximate surface area is 122 Å². The Morgan fingerprint density at radius 1 is 1.42 bits per heavy atom. The molecule has 1 aromatic rings. The van der Waals surface area contributed by atoms with Gasteiger partial charge in [0, 0.05) is 17.1 Å². The molecule has 0 aromatic heterocycles. The number of carbonyl (C=O) groups is 1. The minimum absolute atomic E-state index is 0.333. The first-order valence-electron chi connectivity index (χ1n) is 6.83. The van der Waals surface area contributed by atoms with E-state index < -0.39 is 5.97 Å². The molecule has 1 aliphatic heterocycles. The van der Waals surface area contributed by atoms with Gasteiger partial charge in [0.2, 0.25) is 0 Å². The lowest BCUT2D eigenvalue weighted by atomic mass is 10.1. The number of nitrogens with zero attached hydrogens (tertiary/aromatic N) is 1. The van der Waals surface area contributed by atoms with Crippen molar-refractivity contribution in [2.75, 3.05) is 6.54 Å². The third-order valence-corrected chi connectivity index (χ3v) is 4.60. The standard InChI is InChI=1S/C15H20BrNO2/c1-11-5-3-2-4-8-17(11)10-13-7-6-12(15(18)19)9-14(13)16/h6-7,9,11H,2-5,8,10H2,1H3,(H,18,19). The summed E-state index contributed by atoms with van der Waals surface area (Å²) in [5.74, 6) is -0.879. The van der Waals surface area contributed by atoms with E-state index in [1.54, 1.807) is 12.1 Å². The molecular weight excluding hydrogens is 306 g/mol. The van der Waals surface area contributed by atoms with Crippen LogP contribution in [0.2, 0.25) is 0 Å². The number of likely N-dealkylation sites (tertiary alicyclic amines) is 1. The van der Waals surface area contributed by atoms with Crippen molar-refractivity contribution in [1.82, 2.24) is 4.90 Å². The molecule has 104 valence electrons. The second-order valence-electron chi connectivity index (χ2n) is 5.28. The fraction of sp³-hybridized carbons (Fsp3) is 0.533. The Morgan fingerprint density at radius 3 is 2.89 bits per heavy atom. The van der Waals surface area contributed by atoms with Gasteiger partial charge < -0.3 is 5.11 Å². The van der Waals surface area contributed by atoms with Crippen LogP contribution in [0.5, 0.6) is 0 Å². The molecule has 2 rings (SSSR count). The topological polar surface area (TPSA) is 40.5 Å². The van der Waals surface area contributed by atoms with Crippen LogP contribution in [0.4, 0.5) is 0 Å². The maximum absolute atomic E-state index is 10.9. The molecule has 1 fully saturated rings.